The van der Waals surface area contributed by atoms with Crippen LogP contribution in [0.2, 0.25) is 24.2 Å². The molecule has 0 aromatic carbocycles. The first-order valence-corrected chi connectivity index (χ1v) is 6.86. The van der Waals surface area contributed by atoms with E-state index in [1.807, 2.05) is 0 Å². The number of hydrogen-bond donors (Lipinski definition) is 0. The van der Waals surface area contributed by atoms with Crippen LogP contribution in [0.5, 0.6) is 0 Å². The van der Waals surface area contributed by atoms with Gasteiger partial charge in [-0.25, -0.2) is 0 Å². The van der Waals surface area contributed by atoms with Gasteiger partial charge in [0.05, 0.1) is 8.07 Å². The van der Waals surface area contributed by atoms with Crippen molar-refractivity contribution in [1.82, 2.24) is 0 Å². The second kappa shape index (κ2) is 6.52. The molecule has 0 aromatic rings. The first kappa shape index (κ1) is 13.4. The fourth-order valence-corrected chi connectivity index (χ4v) is 3.84. The number of hydrogen-bond acceptors (Lipinski definition) is 0. The van der Waals surface area contributed by atoms with Gasteiger partial charge in [-0.05, 0) is 0 Å². The zero-order chi connectivity index (χ0) is 7.33. The Morgan fingerprint density at radius 1 is 1.00 bits per heavy atom. The van der Waals surface area contributed by atoms with E-state index < -0.39 is 8.07 Å². The third kappa shape index (κ3) is 3.28. The summed E-state index contributed by atoms with van der Waals surface area (Å²) in [4.78, 5) is 0. The molecule has 10 heavy (non-hydrogen) atoms. The predicted octanol–water partition coefficient (Wildman–Crippen LogP) is 2.68. The van der Waals surface area contributed by atoms with Crippen molar-refractivity contribution in [3.05, 3.63) is 6.92 Å². The summed E-state index contributed by atoms with van der Waals surface area (Å²) in [6, 6.07) is 5.49. The van der Waals surface area contributed by atoms with Crippen molar-refractivity contribution in [2.75, 3.05) is 0 Å². The van der Waals surface area contributed by atoms with Gasteiger partial charge in [0.1, 0.15) is 0 Å². The summed E-state index contributed by atoms with van der Waals surface area (Å²) in [5, 5.41) is 0. The zero-order valence-electron chi connectivity index (χ0n) is 7.04. The Labute approximate surface area is 79.0 Å². The summed E-state index contributed by atoms with van der Waals surface area (Å²) in [6.45, 7) is 11.0. The summed E-state index contributed by atoms with van der Waals surface area (Å²) in [6.07, 6.45) is 0. The first-order chi connectivity index (χ1) is 4.24. The minimum absolute atomic E-state index is 0. The summed E-state index contributed by atoms with van der Waals surface area (Å²) in [5.74, 6) is 0. The van der Waals surface area contributed by atoms with E-state index >= 15 is 0 Å². The molecular weight excluding hydrogens is 131 g/mol. The Kier molecular flexibility index (Phi) is 8.74. The molecule has 0 N–H and O–H groups in total. The molecule has 0 heterocycles. The third-order valence-corrected chi connectivity index (χ3v) is 8.34. The van der Waals surface area contributed by atoms with Crippen LogP contribution in [-0.4, -0.2) is 26.9 Å². The molecule has 0 aliphatic carbocycles. The zero-order valence-corrected chi connectivity index (χ0v) is 8.04. The van der Waals surface area contributed by atoms with Crippen LogP contribution in [0.15, 0.2) is 0 Å². The molecule has 0 aliphatic heterocycles. The van der Waals surface area contributed by atoms with E-state index in [1.165, 1.54) is 24.2 Å². The van der Waals surface area contributed by atoms with Gasteiger partial charge in [0.25, 0.3) is 0 Å². The van der Waals surface area contributed by atoms with E-state index in [0.717, 1.165) is 0 Å². The number of rotatable bonds is 4. The molecule has 0 nitrogen and oxygen atoms in total. The topological polar surface area (TPSA) is 0 Å². The molecule has 0 spiro atoms. The van der Waals surface area contributed by atoms with Crippen LogP contribution in [-0.2, 0) is 0 Å². The summed E-state index contributed by atoms with van der Waals surface area (Å²) in [7, 11) is -0.802. The molecular formula is C8H20LiSi. The molecule has 0 fully saturated rings. The van der Waals surface area contributed by atoms with Crippen LogP contribution in [0.25, 0.3) is 0 Å². The van der Waals surface area contributed by atoms with Gasteiger partial charge in [0.2, 0.25) is 0 Å². The van der Waals surface area contributed by atoms with Crippen LogP contribution in [0.3, 0.4) is 0 Å². The predicted molar refractivity (Wildman–Crippen MR) is 54.5 cm³/mol. The van der Waals surface area contributed by atoms with Crippen LogP contribution in [0, 0.1) is 6.92 Å². The second-order valence-electron chi connectivity index (χ2n) is 2.81. The van der Waals surface area contributed by atoms with E-state index in [1.54, 1.807) is 0 Å². The van der Waals surface area contributed by atoms with E-state index in [9.17, 15) is 0 Å². The molecule has 0 rings (SSSR count). The average Bonchev–Trinajstić information content (AvgIpc) is 1.95. The van der Waals surface area contributed by atoms with Gasteiger partial charge in [-0.1, -0.05) is 51.9 Å². The summed E-state index contributed by atoms with van der Waals surface area (Å²) < 4.78 is 0. The molecule has 57 valence electrons. The quantitative estimate of drug-likeness (QED) is 0.542. The van der Waals surface area contributed by atoms with E-state index in [4.69, 9.17) is 0 Å². The Morgan fingerprint density at radius 2 is 1.30 bits per heavy atom. The van der Waals surface area contributed by atoms with Gasteiger partial charge in [-0.3, -0.25) is 0 Å². The van der Waals surface area contributed by atoms with Crippen molar-refractivity contribution in [2.24, 2.45) is 0 Å². The Balaban J connectivity index is 0. The average molecular weight is 151 g/mol. The van der Waals surface area contributed by atoms with Crippen molar-refractivity contribution >= 4 is 26.9 Å². The monoisotopic (exact) mass is 151 g/mol. The summed E-state index contributed by atoms with van der Waals surface area (Å²) in [5.41, 5.74) is 0. The van der Waals surface area contributed by atoms with Crippen LogP contribution in [0.4, 0.5) is 0 Å². The van der Waals surface area contributed by atoms with Gasteiger partial charge in [-0.2, -0.15) is 0 Å². The molecule has 1 radical (unpaired) electrons. The molecule has 0 bridgehead atoms. The molecule has 0 saturated carbocycles. The molecule has 0 unspecified atom stereocenters. The van der Waals surface area contributed by atoms with Crippen molar-refractivity contribution in [3.63, 3.8) is 0 Å². The minimum atomic E-state index is -0.802. The fourth-order valence-electron chi connectivity index (χ4n) is 1.28. The normalized spacial score (nSPS) is 10.8. The third-order valence-electron chi connectivity index (χ3n) is 2.78. The fraction of sp³-hybridized carbons (Fsp3) is 0.875. The Hall–Kier alpha value is 0.814. The van der Waals surface area contributed by atoms with Crippen molar-refractivity contribution in [1.29, 1.82) is 0 Å². The standard InChI is InChI=1S/C8H19Si.Li.H/c1-5-9(6-2,7-3)8-4;;/h1,5-8H2,2-4H3;;. The van der Waals surface area contributed by atoms with Gasteiger partial charge in [0, 0.05) is 0 Å². The molecule has 2 heteroatoms. The molecule has 0 saturated heterocycles. The first-order valence-electron chi connectivity index (χ1n) is 4.04. The van der Waals surface area contributed by atoms with Gasteiger partial charge >= 0.3 is 18.9 Å². The molecule has 0 aliphatic rings. The molecule has 0 aromatic heterocycles. The van der Waals surface area contributed by atoms with Crippen LogP contribution >= 0.6 is 0 Å². The molecule has 0 amide bonds. The SMILES string of the molecule is [CH2]C[Si](CC)(CC)CC.[LiH]. The van der Waals surface area contributed by atoms with E-state index in [2.05, 4.69) is 27.7 Å². The van der Waals surface area contributed by atoms with Crippen molar-refractivity contribution in [3.8, 4) is 0 Å². The maximum atomic E-state index is 4.03. The maximum absolute atomic E-state index is 4.03. The summed E-state index contributed by atoms with van der Waals surface area (Å²) >= 11 is 0. The Bertz CT molecular complexity index is 52.1. The Morgan fingerprint density at radius 3 is 1.30 bits per heavy atom. The van der Waals surface area contributed by atoms with Gasteiger partial charge in [-0.15, -0.1) is 0 Å². The second-order valence-corrected chi connectivity index (χ2v) is 8.43. The van der Waals surface area contributed by atoms with Crippen LogP contribution in [0.1, 0.15) is 20.8 Å². The van der Waals surface area contributed by atoms with E-state index in [-0.39, 0.29) is 18.9 Å². The van der Waals surface area contributed by atoms with Crippen LogP contribution < -0.4 is 0 Å². The van der Waals surface area contributed by atoms with Crippen molar-refractivity contribution in [2.45, 2.75) is 44.9 Å². The van der Waals surface area contributed by atoms with E-state index in [0.29, 0.717) is 0 Å². The van der Waals surface area contributed by atoms with Gasteiger partial charge in [0.15, 0.2) is 0 Å². The van der Waals surface area contributed by atoms with Crippen molar-refractivity contribution < 1.29 is 0 Å². The van der Waals surface area contributed by atoms with Gasteiger partial charge < -0.3 is 0 Å². The molecule has 0 atom stereocenters.